The molecule has 3 rings (SSSR count). The molecule has 0 aromatic heterocycles. The minimum Gasteiger partial charge on any atom is -0.480 e. The predicted octanol–water partition coefficient (Wildman–Crippen LogP) is 3.92. The molecule has 1 unspecified atom stereocenters. The highest BCUT2D eigenvalue weighted by atomic mass is 19.1. The zero-order valence-corrected chi connectivity index (χ0v) is 14.4. The van der Waals surface area contributed by atoms with Crippen molar-refractivity contribution < 1.29 is 19.1 Å². The number of halogens is 1. The Hall–Kier alpha value is -3.47. The molecule has 0 radical (unpaired) electrons. The van der Waals surface area contributed by atoms with Crippen LogP contribution < -0.4 is 5.32 Å². The highest BCUT2D eigenvalue weighted by Gasteiger charge is 2.21. The van der Waals surface area contributed by atoms with Crippen molar-refractivity contribution in [3.8, 4) is 11.1 Å². The Balaban J connectivity index is 1.77. The Labute approximate surface area is 156 Å². The molecule has 0 saturated carbocycles. The second-order valence-corrected chi connectivity index (χ2v) is 6.14. The maximum Gasteiger partial charge on any atom is 0.326 e. The van der Waals surface area contributed by atoms with Gasteiger partial charge < -0.3 is 10.4 Å². The average molecular weight is 363 g/mol. The van der Waals surface area contributed by atoms with Crippen LogP contribution >= 0.6 is 0 Å². The van der Waals surface area contributed by atoms with Crippen molar-refractivity contribution in [2.24, 2.45) is 0 Å². The van der Waals surface area contributed by atoms with Crippen molar-refractivity contribution >= 4 is 11.9 Å². The van der Waals surface area contributed by atoms with Gasteiger partial charge in [-0.25, -0.2) is 9.18 Å². The lowest BCUT2D eigenvalue weighted by Crippen LogP contribution is -2.42. The van der Waals surface area contributed by atoms with Gasteiger partial charge >= 0.3 is 5.97 Å². The summed E-state index contributed by atoms with van der Waals surface area (Å²) < 4.78 is 13.1. The number of amides is 1. The van der Waals surface area contributed by atoms with E-state index in [2.05, 4.69) is 5.32 Å². The van der Waals surface area contributed by atoms with Gasteiger partial charge in [0.05, 0.1) is 0 Å². The molecule has 27 heavy (non-hydrogen) atoms. The summed E-state index contributed by atoms with van der Waals surface area (Å²) in [6, 6.07) is 20.8. The molecule has 0 spiro atoms. The minimum absolute atomic E-state index is 0.142. The number of carboxylic acid groups (broad SMARTS) is 1. The summed E-state index contributed by atoms with van der Waals surface area (Å²) in [4.78, 5) is 23.9. The molecule has 3 aromatic carbocycles. The van der Waals surface area contributed by atoms with E-state index in [9.17, 15) is 19.1 Å². The first kappa shape index (κ1) is 18.3. The van der Waals surface area contributed by atoms with Crippen LogP contribution in [0.4, 0.5) is 4.39 Å². The largest absolute Gasteiger partial charge is 0.480 e. The lowest BCUT2D eigenvalue weighted by Gasteiger charge is -2.15. The second kappa shape index (κ2) is 8.27. The van der Waals surface area contributed by atoms with Gasteiger partial charge in [0.25, 0.3) is 5.91 Å². The molecule has 0 bridgehead atoms. The number of carboxylic acids is 1. The maximum atomic E-state index is 13.1. The van der Waals surface area contributed by atoms with Gasteiger partial charge in [0.1, 0.15) is 11.9 Å². The monoisotopic (exact) mass is 363 g/mol. The van der Waals surface area contributed by atoms with Gasteiger partial charge in [-0.2, -0.15) is 0 Å². The van der Waals surface area contributed by atoms with Gasteiger partial charge in [-0.3, -0.25) is 4.79 Å². The fraction of sp³-hybridized carbons (Fsp3) is 0.0909. The standard InChI is InChI=1S/C22H18FNO3/c23-19-11-9-16(10-12-19)18-8-4-5-15(13-18)14-20(22(26)27)24-21(25)17-6-2-1-3-7-17/h1-13,20H,14H2,(H,24,25)(H,26,27). The minimum atomic E-state index is -1.11. The highest BCUT2D eigenvalue weighted by Crippen LogP contribution is 2.21. The van der Waals surface area contributed by atoms with Gasteiger partial charge in [0, 0.05) is 12.0 Å². The summed E-state index contributed by atoms with van der Waals surface area (Å²) in [5, 5.41) is 12.1. The molecule has 3 aromatic rings. The van der Waals surface area contributed by atoms with Crippen LogP contribution in [0, 0.1) is 5.82 Å². The van der Waals surface area contributed by atoms with E-state index >= 15 is 0 Å². The number of hydrogen-bond acceptors (Lipinski definition) is 2. The Morgan fingerprint density at radius 1 is 0.889 bits per heavy atom. The molecule has 136 valence electrons. The summed E-state index contributed by atoms with van der Waals surface area (Å²) in [6.45, 7) is 0. The molecule has 0 fully saturated rings. The van der Waals surface area contributed by atoms with Crippen molar-refractivity contribution in [3.63, 3.8) is 0 Å². The molecule has 0 heterocycles. The predicted molar refractivity (Wildman–Crippen MR) is 101 cm³/mol. The third kappa shape index (κ3) is 4.79. The van der Waals surface area contributed by atoms with Crippen LogP contribution in [0.5, 0.6) is 0 Å². The van der Waals surface area contributed by atoms with Gasteiger partial charge in [-0.05, 0) is 41.0 Å². The average Bonchev–Trinajstić information content (AvgIpc) is 2.69. The first-order chi connectivity index (χ1) is 13.0. The highest BCUT2D eigenvalue weighted by molar-refractivity contribution is 5.96. The summed E-state index contributed by atoms with van der Waals surface area (Å²) in [7, 11) is 0. The number of benzene rings is 3. The smallest absolute Gasteiger partial charge is 0.326 e. The van der Waals surface area contributed by atoms with Gasteiger partial charge in [-0.1, -0.05) is 54.6 Å². The van der Waals surface area contributed by atoms with E-state index in [0.29, 0.717) is 5.56 Å². The van der Waals surface area contributed by atoms with E-state index in [1.807, 2.05) is 18.2 Å². The van der Waals surface area contributed by atoms with E-state index in [4.69, 9.17) is 0 Å². The van der Waals surface area contributed by atoms with E-state index in [1.54, 1.807) is 48.5 Å². The molecule has 0 aliphatic heterocycles. The molecular weight excluding hydrogens is 345 g/mol. The number of nitrogens with one attached hydrogen (secondary N) is 1. The molecule has 2 N–H and O–H groups in total. The Bertz CT molecular complexity index is 939. The molecule has 5 heteroatoms. The Morgan fingerprint density at radius 2 is 1.59 bits per heavy atom. The van der Waals surface area contributed by atoms with Gasteiger partial charge in [0.15, 0.2) is 0 Å². The zero-order valence-electron chi connectivity index (χ0n) is 14.4. The summed E-state index contributed by atoms with van der Waals surface area (Å²) in [5.41, 5.74) is 2.85. The fourth-order valence-corrected chi connectivity index (χ4v) is 2.79. The first-order valence-corrected chi connectivity index (χ1v) is 8.46. The van der Waals surface area contributed by atoms with Crippen LogP contribution in [-0.4, -0.2) is 23.0 Å². The summed E-state index contributed by atoms with van der Waals surface area (Å²) in [6.07, 6.45) is 0.142. The van der Waals surface area contributed by atoms with Crippen molar-refractivity contribution in [1.29, 1.82) is 0 Å². The fourth-order valence-electron chi connectivity index (χ4n) is 2.79. The molecule has 0 aliphatic rings. The van der Waals surface area contributed by atoms with Crippen LogP contribution in [0.2, 0.25) is 0 Å². The first-order valence-electron chi connectivity index (χ1n) is 8.46. The maximum absolute atomic E-state index is 13.1. The molecular formula is C22H18FNO3. The van der Waals surface area contributed by atoms with E-state index in [0.717, 1.165) is 16.7 Å². The third-order valence-corrected chi connectivity index (χ3v) is 4.18. The van der Waals surface area contributed by atoms with Crippen molar-refractivity contribution in [1.82, 2.24) is 5.32 Å². The molecule has 0 aliphatic carbocycles. The lowest BCUT2D eigenvalue weighted by atomic mass is 9.99. The quantitative estimate of drug-likeness (QED) is 0.698. The number of carbonyl (C=O) groups is 2. The summed E-state index contributed by atoms with van der Waals surface area (Å²) in [5.74, 6) is -1.85. The van der Waals surface area contributed by atoms with Crippen LogP contribution in [0.15, 0.2) is 78.9 Å². The van der Waals surface area contributed by atoms with Gasteiger partial charge in [0.2, 0.25) is 0 Å². The van der Waals surface area contributed by atoms with Crippen LogP contribution in [0.3, 0.4) is 0 Å². The lowest BCUT2D eigenvalue weighted by molar-refractivity contribution is -0.139. The number of carbonyl (C=O) groups excluding carboxylic acids is 1. The second-order valence-electron chi connectivity index (χ2n) is 6.14. The SMILES string of the molecule is O=C(NC(Cc1cccc(-c2ccc(F)cc2)c1)C(=O)O)c1ccccc1. The molecule has 1 amide bonds. The topological polar surface area (TPSA) is 66.4 Å². The normalized spacial score (nSPS) is 11.6. The number of hydrogen-bond donors (Lipinski definition) is 2. The van der Waals surface area contributed by atoms with Crippen molar-refractivity contribution in [3.05, 3.63) is 95.8 Å². The Kier molecular flexibility index (Phi) is 5.61. The third-order valence-electron chi connectivity index (χ3n) is 4.18. The molecule has 1 atom stereocenters. The zero-order chi connectivity index (χ0) is 19.2. The molecule has 4 nitrogen and oxygen atoms in total. The Morgan fingerprint density at radius 3 is 2.26 bits per heavy atom. The van der Waals surface area contributed by atoms with Crippen LogP contribution in [-0.2, 0) is 11.2 Å². The van der Waals surface area contributed by atoms with Crippen LogP contribution in [0.25, 0.3) is 11.1 Å². The van der Waals surface area contributed by atoms with Crippen LogP contribution in [0.1, 0.15) is 15.9 Å². The number of rotatable bonds is 6. The summed E-state index contributed by atoms with van der Waals surface area (Å²) >= 11 is 0. The van der Waals surface area contributed by atoms with E-state index < -0.39 is 17.9 Å². The van der Waals surface area contributed by atoms with Gasteiger partial charge in [-0.15, -0.1) is 0 Å². The van der Waals surface area contributed by atoms with E-state index in [1.165, 1.54) is 12.1 Å². The van der Waals surface area contributed by atoms with E-state index in [-0.39, 0.29) is 12.2 Å². The van der Waals surface area contributed by atoms with Crippen molar-refractivity contribution in [2.75, 3.05) is 0 Å². The molecule has 0 saturated heterocycles. The van der Waals surface area contributed by atoms with Crippen molar-refractivity contribution in [2.45, 2.75) is 12.5 Å². The number of aliphatic carboxylic acids is 1.